The minimum absolute atomic E-state index is 0.000603. The molecule has 106 valence electrons. The Morgan fingerprint density at radius 1 is 1.35 bits per heavy atom. The molecule has 1 heterocycles. The standard InChI is InChI=1S/C11H13N5O3S/c1-2-14-20(18,19)9-6-4-3-5-8(9)15-11(17)10-12-7-13-16-10/h3-7,14H,2H2,1H3,(H,15,17)(H,12,13,16). The average Bonchev–Trinajstić information content (AvgIpc) is 2.93. The number of aromatic nitrogens is 3. The Hall–Kier alpha value is -2.26. The van der Waals surface area contributed by atoms with Crippen molar-refractivity contribution in [2.45, 2.75) is 11.8 Å². The second-order valence-corrected chi connectivity index (χ2v) is 5.52. The van der Waals surface area contributed by atoms with Gasteiger partial charge in [-0.3, -0.25) is 9.89 Å². The van der Waals surface area contributed by atoms with Crippen LogP contribution in [0.1, 0.15) is 17.5 Å². The number of aromatic amines is 1. The lowest BCUT2D eigenvalue weighted by Crippen LogP contribution is -2.25. The molecule has 0 aliphatic heterocycles. The maximum atomic E-state index is 12.0. The maximum Gasteiger partial charge on any atom is 0.293 e. The SMILES string of the molecule is CCNS(=O)(=O)c1ccccc1NC(=O)c1ncn[nH]1. The molecule has 0 atom stereocenters. The van der Waals surface area contributed by atoms with Gasteiger partial charge in [0.2, 0.25) is 15.8 Å². The van der Waals surface area contributed by atoms with E-state index in [9.17, 15) is 13.2 Å². The van der Waals surface area contributed by atoms with Gasteiger partial charge in [0.1, 0.15) is 11.2 Å². The van der Waals surface area contributed by atoms with Crippen LogP contribution in [0.15, 0.2) is 35.5 Å². The van der Waals surface area contributed by atoms with Gasteiger partial charge < -0.3 is 5.32 Å². The van der Waals surface area contributed by atoms with Crippen LogP contribution in [0.5, 0.6) is 0 Å². The van der Waals surface area contributed by atoms with E-state index >= 15 is 0 Å². The first kappa shape index (κ1) is 14.2. The predicted octanol–water partition coefficient (Wildman–Crippen LogP) is 0.355. The van der Waals surface area contributed by atoms with Crippen molar-refractivity contribution in [3.05, 3.63) is 36.4 Å². The maximum absolute atomic E-state index is 12.0. The third-order valence-corrected chi connectivity index (χ3v) is 3.99. The van der Waals surface area contributed by atoms with E-state index < -0.39 is 15.9 Å². The fourth-order valence-electron chi connectivity index (χ4n) is 1.57. The van der Waals surface area contributed by atoms with Crippen LogP contribution in [-0.2, 0) is 10.0 Å². The first-order valence-electron chi connectivity index (χ1n) is 5.80. The highest BCUT2D eigenvalue weighted by Gasteiger charge is 2.19. The molecule has 9 heteroatoms. The monoisotopic (exact) mass is 295 g/mol. The molecule has 0 aliphatic rings. The number of anilines is 1. The quantitative estimate of drug-likeness (QED) is 0.736. The van der Waals surface area contributed by atoms with Gasteiger partial charge in [-0.1, -0.05) is 19.1 Å². The van der Waals surface area contributed by atoms with Crippen LogP contribution in [-0.4, -0.2) is 36.1 Å². The minimum atomic E-state index is -3.67. The Bertz CT molecular complexity index is 697. The number of nitrogens with zero attached hydrogens (tertiary/aromatic N) is 2. The van der Waals surface area contributed by atoms with Gasteiger partial charge in [0, 0.05) is 6.54 Å². The van der Waals surface area contributed by atoms with E-state index in [1.165, 1.54) is 18.5 Å². The Balaban J connectivity index is 2.32. The van der Waals surface area contributed by atoms with Gasteiger partial charge in [0.05, 0.1) is 5.69 Å². The lowest BCUT2D eigenvalue weighted by atomic mass is 10.3. The van der Waals surface area contributed by atoms with Crippen LogP contribution < -0.4 is 10.0 Å². The summed E-state index contributed by atoms with van der Waals surface area (Å²) >= 11 is 0. The van der Waals surface area contributed by atoms with Gasteiger partial charge in [-0.05, 0) is 12.1 Å². The Morgan fingerprint density at radius 3 is 2.75 bits per heavy atom. The summed E-state index contributed by atoms with van der Waals surface area (Å²) in [6, 6.07) is 6.11. The third kappa shape index (κ3) is 3.00. The Morgan fingerprint density at radius 2 is 2.10 bits per heavy atom. The third-order valence-electron chi connectivity index (χ3n) is 2.39. The minimum Gasteiger partial charge on any atom is -0.318 e. The molecule has 0 unspecified atom stereocenters. The van der Waals surface area contributed by atoms with Crippen molar-refractivity contribution in [3.63, 3.8) is 0 Å². The molecule has 0 radical (unpaired) electrons. The molecule has 3 N–H and O–H groups in total. The molecule has 20 heavy (non-hydrogen) atoms. The zero-order chi connectivity index (χ0) is 14.6. The Kier molecular flexibility index (Phi) is 4.11. The molecule has 1 amide bonds. The second-order valence-electron chi connectivity index (χ2n) is 3.79. The number of H-pyrrole nitrogens is 1. The number of amides is 1. The molecule has 0 fully saturated rings. The summed E-state index contributed by atoms with van der Waals surface area (Å²) < 4.78 is 26.4. The van der Waals surface area contributed by atoms with Gasteiger partial charge in [0.15, 0.2) is 0 Å². The molecule has 0 aliphatic carbocycles. The summed E-state index contributed by atoms with van der Waals surface area (Å²) in [4.78, 5) is 15.5. The van der Waals surface area contributed by atoms with Crippen LogP contribution >= 0.6 is 0 Å². The number of benzene rings is 1. The summed E-state index contributed by atoms with van der Waals surface area (Å²) in [6.45, 7) is 1.93. The van der Waals surface area contributed by atoms with E-state index in [4.69, 9.17) is 0 Å². The molecule has 2 aromatic rings. The molecule has 1 aromatic heterocycles. The number of para-hydroxylation sites is 1. The van der Waals surface area contributed by atoms with Gasteiger partial charge in [-0.25, -0.2) is 18.1 Å². The molecule has 0 saturated heterocycles. The fraction of sp³-hybridized carbons (Fsp3) is 0.182. The van der Waals surface area contributed by atoms with Crippen molar-refractivity contribution in [3.8, 4) is 0 Å². The van der Waals surface area contributed by atoms with E-state index in [1.54, 1.807) is 19.1 Å². The first-order chi connectivity index (χ1) is 9.54. The van der Waals surface area contributed by atoms with E-state index in [2.05, 4.69) is 25.2 Å². The van der Waals surface area contributed by atoms with Crippen molar-refractivity contribution in [2.24, 2.45) is 0 Å². The molecule has 0 saturated carbocycles. The highest BCUT2D eigenvalue weighted by Crippen LogP contribution is 2.20. The number of carbonyl (C=O) groups is 1. The number of nitrogens with one attached hydrogen (secondary N) is 3. The topological polar surface area (TPSA) is 117 Å². The van der Waals surface area contributed by atoms with Gasteiger partial charge in [-0.2, -0.15) is 5.10 Å². The first-order valence-corrected chi connectivity index (χ1v) is 7.28. The van der Waals surface area contributed by atoms with Gasteiger partial charge >= 0.3 is 0 Å². The normalized spacial score (nSPS) is 11.2. The molecular weight excluding hydrogens is 282 g/mol. The molecule has 8 nitrogen and oxygen atoms in total. The average molecular weight is 295 g/mol. The number of sulfonamides is 1. The predicted molar refractivity (Wildman–Crippen MR) is 71.6 cm³/mol. The van der Waals surface area contributed by atoms with Crippen molar-refractivity contribution in [1.82, 2.24) is 19.9 Å². The van der Waals surface area contributed by atoms with Gasteiger partial charge in [-0.15, -0.1) is 0 Å². The van der Waals surface area contributed by atoms with Crippen LogP contribution in [0.4, 0.5) is 5.69 Å². The van der Waals surface area contributed by atoms with Crippen LogP contribution in [0.25, 0.3) is 0 Å². The van der Waals surface area contributed by atoms with Crippen molar-refractivity contribution >= 4 is 21.6 Å². The zero-order valence-electron chi connectivity index (χ0n) is 10.6. The van der Waals surface area contributed by atoms with Crippen molar-refractivity contribution in [2.75, 3.05) is 11.9 Å². The van der Waals surface area contributed by atoms with E-state index in [0.717, 1.165) is 0 Å². The molecule has 0 bridgehead atoms. The number of hydrogen-bond acceptors (Lipinski definition) is 5. The zero-order valence-corrected chi connectivity index (χ0v) is 11.4. The summed E-state index contributed by atoms with van der Waals surface area (Å²) in [5, 5.41) is 8.45. The number of carbonyl (C=O) groups excluding carboxylic acids is 1. The summed E-state index contributed by atoms with van der Waals surface area (Å²) in [7, 11) is -3.67. The molecule has 2 rings (SSSR count). The van der Waals surface area contributed by atoms with Crippen LogP contribution in [0.3, 0.4) is 0 Å². The van der Waals surface area contributed by atoms with Gasteiger partial charge in [0.25, 0.3) is 5.91 Å². The summed E-state index contributed by atoms with van der Waals surface area (Å²) in [5.74, 6) is -0.567. The largest absolute Gasteiger partial charge is 0.318 e. The van der Waals surface area contributed by atoms with Crippen LogP contribution in [0.2, 0.25) is 0 Å². The highest BCUT2D eigenvalue weighted by molar-refractivity contribution is 7.89. The summed E-state index contributed by atoms with van der Waals surface area (Å²) in [6.07, 6.45) is 1.19. The van der Waals surface area contributed by atoms with E-state index in [-0.39, 0.29) is 23.0 Å². The van der Waals surface area contributed by atoms with Crippen molar-refractivity contribution < 1.29 is 13.2 Å². The fourth-order valence-corrected chi connectivity index (χ4v) is 2.77. The van der Waals surface area contributed by atoms with Crippen LogP contribution in [0, 0.1) is 0 Å². The lowest BCUT2D eigenvalue weighted by Gasteiger charge is -2.10. The second kappa shape index (κ2) is 5.80. The number of rotatable bonds is 5. The van der Waals surface area contributed by atoms with E-state index in [0.29, 0.717) is 0 Å². The van der Waals surface area contributed by atoms with E-state index in [1.807, 2.05) is 0 Å². The summed E-state index contributed by atoms with van der Waals surface area (Å²) in [5.41, 5.74) is 0.176. The highest BCUT2D eigenvalue weighted by atomic mass is 32.2. The lowest BCUT2D eigenvalue weighted by molar-refractivity contribution is 0.101. The molecule has 0 spiro atoms. The smallest absolute Gasteiger partial charge is 0.293 e. The number of hydrogen-bond donors (Lipinski definition) is 3. The molecule has 1 aromatic carbocycles. The van der Waals surface area contributed by atoms with Crippen molar-refractivity contribution in [1.29, 1.82) is 0 Å². The molecular formula is C11H13N5O3S. The Labute approximate surface area is 115 Å².